The third kappa shape index (κ3) is 2.30. The van der Waals surface area contributed by atoms with E-state index in [1.54, 1.807) is 24.3 Å². The van der Waals surface area contributed by atoms with Gasteiger partial charge in [0.05, 0.1) is 12.2 Å². The maximum atomic E-state index is 11.1. The van der Waals surface area contributed by atoms with E-state index in [1.165, 1.54) is 0 Å². The number of hydrogen-bond acceptors (Lipinski definition) is 4. The predicted octanol–water partition coefficient (Wildman–Crippen LogP) is 0.317. The Bertz CT molecular complexity index is 303. The molecule has 0 heterocycles. The first-order chi connectivity index (χ1) is 6.29. The fourth-order valence-electron chi connectivity index (χ4n) is 0.999. The third-order valence-electron chi connectivity index (χ3n) is 1.58. The summed E-state index contributed by atoms with van der Waals surface area (Å²) >= 11 is 0. The molecule has 13 heavy (non-hydrogen) atoms. The van der Waals surface area contributed by atoms with E-state index < -0.39 is 5.97 Å². The Balaban J connectivity index is 2.97. The van der Waals surface area contributed by atoms with E-state index in [1.807, 2.05) is 0 Å². The highest BCUT2D eigenvalue weighted by Gasteiger charge is 2.09. The van der Waals surface area contributed by atoms with Crippen LogP contribution in [0.3, 0.4) is 0 Å². The van der Waals surface area contributed by atoms with Crippen molar-refractivity contribution in [3.05, 3.63) is 35.4 Å². The van der Waals surface area contributed by atoms with Crippen molar-refractivity contribution >= 4 is 14.0 Å². The zero-order valence-electron chi connectivity index (χ0n) is 6.90. The molecule has 0 aliphatic carbocycles. The van der Waals surface area contributed by atoms with E-state index in [9.17, 15) is 4.79 Å². The van der Waals surface area contributed by atoms with Crippen molar-refractivity contribution in [3.63, 3.8) is 0 Å². The number of benzene rings is 1. The number of nitrogens with two attached hydrogens (primary N) is 1. The molecule has 0 aliphatic heterocycles. The Labute approximate surface area is 77.0 Å². The van der Waals surface area contributed by atoms with E-state index in [0.29, 0.717) is 11.1 Å². The molecule has 66 valence electrons. The van der Waals surface area contributed by atoms with Gasteiger partial charge in [0.25, 0.3) is 0 Å². The van der Waals surface area contributed by atoms with Gasteiger partial charge in [-0.3, -0.25) is 4.84 Å². The average Bonchev–Trinajstić information content (AvgIpc) is 2.18. The largest absolute Gasteiger partial charge is 0.540 e. The van der Waals surface area contributed by atoms with Crippen LogP contribution in [0.25, 0.3) is 0 Å². The Morgan fingerprint density at radius 2 is 2.15 bits per heavy atom. The normalized spacial score (nSPS) is 9.62. The molecule has 0 fully saturated rings. The van der Waals surface area contributed by atoms with Crippen LogP contribution in [0.5, 0.6) is 0 Å². The minimum absolute atomic E-state index is 0.144. The fraction of sp³-hybridized carbons (Fsp3) is 0.125. The van der Waals surface area contributed by atoms with Gasteiger partial charge in [-0.2, -0.15) is 0 Å². The van der Waals surface area contributed by atoms with Gasteiger partial charge in [0.2, 0.25) is 0 Å². The molecule has 0 unspecified atom stereocenters. The average molecular weight is 177 g/mol. The van der Waals surface area contributed by atoms with Crippen LogP contribution in [0.2, 0.25) is 0 Å². The summed E-state index contributed by atoms with van der Waals surface area (Å²) < 4.78 is 4.09. The molecule has 1 rings (SSSR count). The van der Waals surface area contributed by atoms with Gasteiger partial charge in [-0.05, 0) is 11.6 Å². The van der Waals surface area contributed by atoms with E-state index >= 15 is 0 Å². The lowest BCUT2D eigenvalue weighted by Crippen LogP contribution is -2.08. The van der Waals surface area contributed by atoms with E-state index in [4.69, 9.17) is 13.9 Å². The molecule has 0 saturated carbocycles. The van der Waals surface area contributed by atoms with Gasteiger partial charge in [0.1, 0.15) is 0 Å². The lowest BCUT2D eigenvalue weighted by Gasteiger charge is -2.05. The molecule has 0 spiro atoms. The summed E-state index contributed by atoms with van der Waals surface area (Å²) in [6.45, 7) is 0.144. The van der Waals surface area contributed by atoms with Crippen molar-refractivity contribution in [2.24, 2.45) is 5.90 Å². The van der Waals surface area contributed by atoms with Crippen molar-refractivity contribution in [3.8, 4) is 0 Å². The molecule has 0 bridgehead atoms. The minimum Gasteiger partial charge on any atom is -0.540 e. The van der Waals surface area contributed by atoms with Crippen LogP contribution >= 0.6 is 0 Å². The van der Waals surface area contributed by atoms with Crippen LogP contribution in [0.4, 0.5) is 0 Å². The Morgan fingerprint density at radius 3 is 2.77 bits per heavy atom. The second kappa shape index (κ2) is 4.64. The zero-order chi connectivity index (χ0) is 9.68. The number of rotatable bonds is 3. The number of carbonyl (C=O) groups is 1. The fourth-order valence-corrected chi connectivity index (χ4v) is 0.999. The molecule has 0 saturated heterocycles. The van der Waals surface area contributed by atoms with Gasteiger partial charge in [-0.15, -0.1) is 0 Å². The van der Waals surface area contributed by atoms with Crippen molar-refractivity contribution in [1.82, 2.24) is 0 Å². The molecule has 1 aromatic carbocycles. The van der Waals surface area contributed by atoms with E-state index in [2.05, 4.69) is 9.49 Å². The van der Waals surface area contributed by atoms with Gasteiger partial charge in [0.15, 0.2) is 0 Å². The van der Waals surface area contributed by atoms with Crippen LogP contribution < -0.4 is 5.90 Å². The minimum atomic E-state index is -0.604. The Morgan fingerprint density at radius 1 is 1.46 bits per heavy atom. The number of carbonyl (C=O) groups excluding carboxylic acids is 1. The molecule has 2 radical (unpaired) electrons. The highest BCUT2D eigenvalue weighted by molar-refractivity contribution is 6.09. The van der Waals surface area contributed by atoms with Crippen LogP contribution in [-0.4, -0.2) is 14.0 Å². The van der Waals surface area contributed by atoms with Gasteiger partial charge in [-0.25, -0.2) is 10.7 Å². The van der Waals surface area contributed by atoms with Crippen molar-refractivity contribution < 1.29 is 14.3 Å². The summed E-state index contributed by atoms with van der Waals surface area (Å²) in [5, 5.41) is 0. The van der Waals surface area contributed by atoms with Gasteiger partial charge < -0.3 is 4.65 Å². The Hall–Kier alpha value is -1.33. The molecule has 0 aliphatic rings. The maximum Gasteiger partial charge on any atom is 0.378 e. The molecule has 0 atom stereocenters. The molecule has 4 nitrogen and oxygen atoms in total. The van der Waals surface area contributed by atoms with Gasteiger partial charge >= 0.3 is 14.0 Å². The third-order valence-corrected chi connectivity index (χ3v) is 1.58. The smallest absolute Gasteiger partial charge is 0.378 e. The summed E-state index contributed by atoms with van der Waals surface area (Å²) in [4.78, 5) is 15.5. The zero-order valence-corrected chi connectivity index (χ0v) is 6.90. The van der Waals surface area contributed by atoms with Crippen molar-refractivity contribution in [1.29, 1.82) is 0 Å². The van der Waals surface area contributed by atoms with Crippen LogP contribution in [0, 0.1) is 0 Å². The summed E-state index contributed by atoms with van der Waals surface area (Å²) in [5.74, 6) is 4.28. The van der Waals surface area contributed by atoms with Crippen LogP contribution in [-0.2, 0) is 16.1 Å². The van der Waals surface area contributed by atoms with E-state index in [0.717, 1.165) is 0 Å². The van der Waals surface area contributed by atoms with Gasteiger partial charge in [-0.1, -0.05) is 18.2 Å². The monoisotopic (exact) mass is 177 g/mol. The topological polar surface area (TPSA) is 61.5 Å². The molecule has 0 amide bonds. The summed E-state index contributed by atoms with van der Waals surface area (Å²) in [6, 6.07) is 6.76. The molecular formula is C8H8BNO3. The van der Waals surface area contributed by atoms with E-state index in [-0.39, 0.29) is 6.61 Å². The molecular weight excluding hydrogens is 169 g/mol. The first kappa shape index (κ1) is 9.76. The molecule has 0 aromatic heterocycles. The van der Waals surface area contributed by atoms with Crippen molar-refractivity contribution in [2.75, 3.05) is 0 Å². The summed E-state index contributed by atoms with van der Waals surface area (Å²) in [5.41, 5.74) is 0.996. The number of hydrogen-bond donors (Lipinski definition) is 1. The molecule has 1 aromatic rings. The quantitative estimate of drug-likeness (QED) is 0.533. The molecule has 2 N–H and O–H groups in total. The molecule has 5 heteroatoms. The van der Waals surface area contributed by atoms with Gasteiger partial charge in [0, 0.05) is 0 Å². The van der Waals surface area contributed by atoms with Crippen molar-refractivity contribution in [2.45, 2.75) is 6.61 Å². The highest BCUT2D eigenvalue weighted by atomic mass is 16.6. The lowest BCUT2D eigenvalue weighted by molar-refractivity contribution is 0.0740. The second-order valence-electron chi connectivity index (χ2n) is 2.37. The SMILES string of the molecule is [B]OC(=O)c1ccccc1CON. The van der Waals surface area contributed by atoms with Crippen LogP contribution in [0.15, 0.2) is 24.3 Å². The standard InChI is InChI=1S/C8H8BNO3/c9-13-8(11)7-4-2-1-3-6(7)5-12-10/h1-4H,5,10H2. The lowest BCUT2D eigenvalue weighted by atomic mass is 10.1. The second-order valence-corrected chi connectivity index (χ2v) is 2.37. The first-order valence-corrected chi connectivity index (χ1v) is 3.60. The summed E-state index contributed by atoms with van der Waals surface area (Å²) in [7, 11) is 4.75. The Kier molecular flexibility index (Phi) is 3.48. The summed E-state index contributed by atoms with van der Waals surface area (Å²) in [6.07, 6.45) is 0. The highest BCUT2D eigenvalue weighted by Crippen LogP contribution is 2.10. The maximum absolute atomic E-state index is 11.1. The van der Waals surface area contributed by atoms with Crippen LogP contribution in [0.1, 0.15) is 15.9 Å². The predicted molar refractivity (Wildman–Crippen MR) is 46.6 cm³/mol. The first-order valence-electron chi connectivity index (χ1n) is 3.60.